The molecule has 0 bridgehead atoms. The molecule has 0 spiro atoms. The molecule has 0 saturated heterocycles. The minimum absolute atomic E-state index is 0.00465. The van der Waals surface area contributed by atoms with Crippen LogP contribution < -0.4 is 15.5 Å². The van der Waals surface area contributed by atoms with Crippen LogP contribution in [0.4, 0.5) is 18.9 Å². The van der Waals surface area contributed by atoms with Crippen LogP contribution in [0.1, 0.15) is 29.5 Å². The highest BCUT2D eigenvalue weighted by atomic mass is 79.9. The van der Waals surface area contributed by atoms with Gasteiger partial charge in [0.05, 0.1) is 16.3 Å². The number of hydrazone groups is 1. The van der Waals surface area contributed by atoms with E-state index >= 15 is 0 Å². The predicted molar refractivity (Wildman–Crippen MR) is 130 cm³/mol. The first-order chi connectivity index (χ1) is 16.7. The maximum atomic E-state index is 12.8. The van der Waals surface area contributed by atoms with E-state index < -0.39 is 23.6 Å². The second kappa shape index (κ2) is 12.2. The average Bonchev–Trinajstić information content (AvgIpc) is 2.82. The van der Waals surface area contributed by atoms with Crippen molar-refractivity contribution in [2.45, 2.75) is 25.6 Å². The molecular formula is C25H21BrF3N3O3. The maximum absolute atomic E-state index is 12.8. The van der Waals surface area contributed by atoms with Crippen LogP contribution in [-0.2, 0) is 22.4 Å². The van der Waals surface area contributed by atoms with Crippen molar-refractivity contribution >= 4 is 39.6 Å². The fraction of sp³-hybridized carbons (Fsp3) is 0.160. The first-order valence-electron chi connectivity index (χ1n) is 10.5. The molecule has 0 heterocycles. The van der Waals surface area contributed by atoms with Crippen LogP contribution in [0.3, 0.4) is 0 Å². The van der Waals surface area contributed by atoms with E-state index in [0.717, 1.165) is 22.2 Å². The molecule has 0 atom stereocenters. The van der Waals surface area contributed by atoms with E-state index in [2.05, 4.69) is 31.8 Å². The molecule has 0 radical (unpaired) electrons. The fourth-order valence-corrected chi connectivity index (χ4v) is 3.42. The Hall–Kier alpha value is -3.66. The molecule has 0 unspecified atom stereocenters. The number of nitrogens with one attached hydrogen (secondary N) is 2. The second-order valence-electron chi connectivity index (χ2n) is 7.38. The summed E-state index contributed by atoms with van der Waals surface area (Å²) in [6.07, 6.45) is -3.47. The zero-order valence-electron chi connectivity index (χ0n) is 18.3. The van der Waals surface area contributed by atoms with Gasteiger partial charge in [0.15, 0.2) is 0 Å². The zero-order chi connectivity index (χ0) is 25.3. The molecule has 0 fully saturated rings. The standard InChI is InChI=1S/C25H21BrF3N3O3/c26-21-13-18(9-10-22(21)35-16-17-5-2-1-3-6-17)15-30-32-24(34)12-11-23(33)31-20-8-4-7-19(14-20)25(27,28)29/h1-10,13-15H,11-12,16H2,(H,31,33)(H,32,34). The Morgan fingerprint density at radius 3 is 2.40 bits per heavy atom. The number of carbonyl (C=O) groups is 2. The molecule has 2 N–H and O–H groups in total. The van der Waals surface area contributed by atoms with Gasteiger partial charge in [-0.2, -0.15) is 18.3 Å². The van der Waals surface area contributed by atoms with Crippen molar-refractivity contribution in [3.05, 3.63) is 94.0 Å². The lowest BCUT2D eigenvalue weighted by Crippen LogP contribution is -2.20. The lowest BCUT2D eigenvalue weighted by Gasteiger charge is -2.09. The summed E-state index contributed by atoms with van der Waals surface area (Å²) < 4.78 is 44.8. The zero-order valence-corrected chi connectivity index (χ0v) is 19.9. The van der Waals surface area contributed by atoms with Crippen LogP contribution in [0.5, 0.6) is 5.75 Å². The monoisotopic (exact) mass is 547 g/mol. The van der Waals surface area contributed by atoms with Gasteiger partial charge in [-0.25, -0.2) is 5.43 Å². The summed E-state index contributed by atoms with van der Waals surface area (Å²) in [4.78, 5) is 23.9. The van der Waals surface area contributed by atoms with Crippen LogP contribution >= 0.6 is 15.9 Å². The molecule has 2 amide bonds. The van der Waals surface area contributed by atoms with E-state index in [4.69, 9.17) is 4.74 Å². The third kappa shape index (κ3) is 8.56. The average molecular weight is 548 g/mol. The quantitative estimate of drug-likeness (QED) is 0.258. The van der Waals surface area contributed by atoms with Gasteiger partial charge < -0.3 is 10.1 Å². The van der Waals surface area contributed by atoms with Gasteiger partial charge in [0, 0.05) is 18.5 Å². The number of alkyl halides is 3. The van der Waals surface area contributed by atoms with Gasteiger partial charge in [-0.3, -0.25) is 9.59 Å². The highest BCUT2D eigenvalue weighted by Gasteiger charge is 2.30. The number of amides is 2. The van der Waals surface area contributed by atoms with E-state index in [1.54, 1.807) is 18.2 Å². The SMILES string of the molecule is O=C(CCC(=O)Nc1cccc(C(F)(F)F)c1)NN=Cc1ccc(OCc2ccccc2)c(Br)c1. The van der Waals surface area contributed by atoms with Gasteiger partial charge in [-0.15, -0.1) is 0 Å². The molecule has 182 valence electrons. The molecule has 6 nitrogen and oxygen atoms in total. The van der Waals surface area contributed by atoms with Crippen molar-refractivity contribution in [1.29, 1.82) is 0 Å². The Morgan fingerprint density at radius 2 is 1.69 bits per heavy atom. The number of anilines is 1. The van der Waals surface area contributed by atoms with Gasteiger partial charge in [0.25, 0.3) is 0 Å². The Kier molecular flexibility index (Phi) is 9.02. The number of rotatable bonds is 9. The van der Waals surface area contributed by atoms with Crippen molar-refractivity contribution in [2.24, 2.45) is 5.10 Å². The van der Waals surface area contributed by atoms with E-state index in [9.17, 15) is 22.8 Å². The Bertz CT molecular complexity index is 1200. The summed E-state index contributed by atoms with van der Waals surface area (Å²) >= 11 is 3.44. The Balaban J connectivity index is 1.43. The van der Waals surface area contributed by atoms with Crippen molar-refractivity contribution < 1.29 is 27.5 Å². The second-order valence-corrected chi connectivity index (χ2v) is 8.24. The lowest BCUT2D eigenvalue weighted by molar-refractivity contribution is -0.137. The van der Waals surface area contributed by atoms with Crippen molar-refractivity contribution in [3.63, 3.8) is 0 Å². The van der Waals surface area contributed by atoms with Crippen LogP contribution in [0.15, 0.2) is 82.4 Å². The number of nitrogens with zero attached hydrogens (tertiary/aromatic N) is 1. The summed E-state index contributed by atoms with van der Waals surface area (Å²) in [6, 6.07) is 19.3. The Morgan fingerprint density at radius 1 is 0.943 bits per heavy atom. The normalized spacial score (nSPS) is 11.3. The van der Waals surface area contributed by atoms with E-state index in [1.165, 1.54) is 18.3 Å². The van der Waals surface area contributed by atoms with Gasteiger partial charge in [0.2, 0.25) is 11.8 Å². The van der Waals surface area contributed by atoms with Crippen molar-refractivity contribution in [2.75, 3.05) is 5.32 Å². The topological polar surface area (TPSA) is 79.8 Å². The molecule has 0 aromatic heterocycles. The number of ether oxygens (including phenoxy) is 1. The molecule has 3 aromatic rings. The smallest absolute Gasteiger partial charge is 0.416 e. The van der Waals surface area contributed by atoms with Gasteiger partial charge in [0.1, 0.15) is 12.4 Å². The van der Waals surface area contributed by atoms with E-state index in [-0.39, 0.29) is 18.5 Å². The summed E-state index contributed by atoms with van der Waals surface area (Å²) in [6.45, 7) is 0.421. The summed E-state index contributed by atoms with van der Waals surface area (Å²) in [5, 5.41) is 6.21. The number of hydrogen-bond donors (Lipinski definition) is 2. The third-order valence-electron chi connectivity index (χ3n) is 4.65. The minimum atomic E-state index is -4.51. The Labute approximate surface area is 208 Å². The minimum Gasteiger partial charge on any atom is -0.488 e. The van der Waals surface area contributed by atoms with Crippen molar-refractivity contribution in [3.8, 4) is 5.75 Å². The molecule has 0 aliphatic carbocycles. The van der Waals surface area contributed by atoms with Gasteiger partial charge in [-0.1, -0.05) is 36.4 Å². The van der Waals surface area contributed by atoms with Crippen LogP contribution in [-0.4, -0.2) is 18.0 Å². The molecule has 10 heteroatoms. The largest absolute Gasteiger partial charge is 0.488 e. The summed E-state index contributed by atoms with van der Waals surface area (Å²) in [5.74, 6) is -0.442. The number of halogens is 4. The van der Waals surface area contributed by atoms with Crippen LogP contribution in [0, 0.1) is 0 Å². The highest BCUT2D eigenvalue weighted by Crippen LogP contribution is 2.30. The molecule has 0 aliphatic heterocycles. The summed E-state index contributed by atoms with van der Waals surface area (Å²) in [5.41, 5.74) is 3.19. The molecule has 0 saturated carbocycles. The molecule has 3 aromatic carbocycles. The van der Waals surface area contributed by atoms with Gasteiger partial charge in [-0.05, 0) is 63.5 Å². The van der Waals surface area contributed by atoms with Crippen LogP contribution in [0.25, 0.3) is 0 Å². The first kappa shape index (κ1) is 26.0. The maximum Gasteiger partial charge on any atom is 0.416 e. The number of hydrogen-bond acceptors (Lipinski definition) is 4. The summed E-state index contributed by atoms with van der Waals surface area (Å²) in [7, 11) is 0. The third-order valence-corrected chi connectivity index (χ3v) is 5.27. The van der Waals surface area contributed by atoms with Gasteiger partial charge >= 0.3 is 6.18 Å². The van der Waals surface area contributed by atoms with E-state index in [0.29, 0.717) is 17.9 Å². The van der Waals surface area contributed by atoms with Crippen LogP contribution in [0.2, 0.25) is 0 Å². The predicted octanol–water partition coefficient (Wildman–Crippen LogP) is 5.92. The fourth-order valence-electron chi connectivity index (χ4n) is 2.91. The first-order valence-corrected chi connectivity index (χ1v) is 11.3. The highest BCUT2D eigenvalue weighted by molar-refractivity contribution is 9.10. The molecular weight excluding hydrogens is 527 g/mol. The number of carbonyl (C=O) groups excluding carboxylic acids is 2. The van der Waals surface area contributed by atoms with Crippen molar-refractivity contribution in [1.82, 2.24) is 5.43 Å². The molecule has 35 heavy (non-hydrogen) atoms. The molecule has 0 aliphatic rings. The van der Waals surface area contributed by atoms with E-state index in [1.807, 2.05) is 30.3 Å². The lowest BCUT2D eigenvalue weighted by atomic mass is 10.2. The number of benzene rings is 3. The molecule has 3 rings (SSSR count).